The molecule has 0 spiro atoms. The highest BCUT2D eigenvalue weighted by atomic mass is 35.5. The van der Waals surface area contributed by atoms with Crippen LogP contribution in [-0.4, -0.2) is 0 Å². The largest absolute Gasteiger partial charge is 0.204 e. The van der Waals surface area contributed by atoms with Crippen LogP contribution in [-0.2, 0) is 6.42 Å². The van der Waals surface area contributed by atoms with Gasteiger partial charge < -0.3 is 0 Å². The van der Waals surface area contributed by atoms with Crippen molar-refractivity contribution >= 4 is 11.6 Å². The summed E-state index contributed by atoms with van der Waals surface area (Å²) in [5, 5.41) is -0.250. The van der Waals surface area contributed by atoms with Gasteiger partial charge in [-0.1, -0.05) is 23.8 Å². The van der Waals surface area contributed by atoms with Crippen molar-refractivity contribution in [2.24, 2.45) is 0 Å². The summed E-state index contributed by atoms with van der Waals surface area (Å²) in [6.45, 7) is 6.09. The van der Waals surface area contributed by atoms with Crippen LogP contribution in [0.5, 0.6) is 0 Å². The lowest BCUT2D eigenvalue weighted by Crippen LogP contribution is -2.02. The lowest BCUT2D eigenvalue weighted by Gasteiger charge is -2.17. The first kappa shape index (κ1) is 15.0. The van der Waals surface area contributed by atoms with Crippen molar-refractivity contribution in [3.63, 3.8) is 0 Å². The van der Waals surface area contributed by atoms with Gasteiger partial charge in [0.25, 0.3) is 0 Å². The SMILES string of the molecule is Cc1cc(C)c(C(Cl)Cc2ccc(F)c(F)c2)c(C)c1. The molecule has 0 radical (unpaired) electrons. The minimum atomic E-state index is -0.831. The number of benzene rings is 2. The van der Waals surface area contributed by atoms with E-state index in [0.29, 0.717) is 12.0 Å². The molecule has 0 amide bonds. The highest BCUT2D eigenvalue weighted by molar-refractivity contribution is 6.21. The first-order chi connectivity index (χ1) is 9.38. The molecule has 0 aliphatic rings. The second-order valence-corrected chi connectivity index (χ2v) is 5.76. The second kappa shape index (κ2) is 5.92. The molecule has 0 aliphatic carbocycles. The van der Waals surface area contributed by atoms with E-state index in [1.165, 1.54) is 11.6 Å². The lowest BCUT2D eigenvalue weighted by molar-refractivity contribution is 0.507. The maximum absolute atomic E-state index is 13.2. The summed E-state index contributed by atoms with van der Waals surface area (Å²) in [7, 11) is 0. The Morgan fingerprint density at radius 1 is 0.950 bits per heavy atom. The van der Waals surface area contributed by atoms with Gasteiger partial charge in [-0.2, -0.15) is 0 Å². The summed E-state index contributed by atoms with van der Waals surface area (Å²) in [6, 6.07) is 8.10. The van der Waals surface area contributed by atoms with Gasteiger partial charge in [0.1, 0.15) is 0 Å². The van der Waals surface area contributed by atoms with Crippen molar-refractivity contribution in [3.8, 4) is 0 Å². The van der Waals surface area contributed by atoms with Gasteiger partial charge in [-0.25, -0.2) is 8.78 Å². The fourth-order valence-electron chi connectivity index (χ4n) is 2.66. The van der Waals surface area contributed by atoms with E-state index in [9.17, 15) is 8.78 Å². The van der Waals surface area contributed by atoms with Gasteiger partial charge in [-0.05, 0) is 61.6 Å². The van der Waals surface area contributed by atoms with E-state index in [4.69, 9.17) is 11.6 Å². The predicted molar refractivity (Wildman–Crippen MR) is 79.3 cm³/mol. The Bertz CT molecular complexity index is 612. The number of hydrogen-bond acceptors (Lipinski definition) is 0. The van der Waals surface area contributed by atoms with Crippen molar-refractivity contribution in [1.82, 2.24) is 0 Å². The van der Waals surface area contributed by atoms with Crippen LogP contribution in [0.25, 0.3) is 0 Å². The minimum absolute atomic E-state index is 0.250. The molecule has 0 N–H and O–H groups in total. The van der Waals surface area contributed by atoms with Gasteiger partial charge in [0.2, 0.25) is 0 Å². The summed E-state index contributed by atoms with van der Waals surface area (Å²) in [4.78, 5) is 0. The Kier molecular flexibility index (Phi) is 4.44. The molecule has 106 valence electrons. The Morgan fingerprint density at radius 3 is 2.10 bits per heavy atom. The van der Waals surface area contributed by atoms with E-state index < -0.39 is 11.6 Å². The normalized spacial score (nSPS) is 12.5. The Labute approximate surface area is 123 Å². The number of rotatable bonds is 3. The molecule has 3 heteroatoms. The Balaban J connectivity index is 2.28. The Morgan fingerprint density at radius 2 is 1.55 bits per heavy atom. The van der Waals surface area contributed by atoms with Crippen LogP contribution in [0.1, 0.15) is 33.2 Å². The summed E-state index contributed by atoms with van der Waals surface area (Å²) in [6.07, 6.45) is 0.476. The van der Waals surface area contributed by atoms with E-state index in [1.807, 2.05) is 20.8 Å². The number of alkyl halides is 1. The number of hydrogen-bond donors (Lipinski definition) is 0. The molecule has 2 aromatic carbocycles. The van der Waals surface area contributed by atoms with Crippen LogP contribution >= 0.6 is 11.6 Å². The van der Waals surface area contributed by atoms with Crippen LogP contribution in [0.2, 0.25) is 0 Å². The average Bonchev–Trinajstić information content (AvgIpc) is 2.32. The quantitative estimate of drug-likeness (QED) is 0.664. The number of halogens is 3. The van der Waals surface area contributed by atoms with E-state index >= 15 is 0 Å². The van der Waals surface area contributed by atoms with Gasteiger partial charge in [0, 0.05) is 0 Å². The molecule has 0 saturated heterocycles. The molecule has 0 nitrogen and oxygen atoms in total. The van der Waals surface area contributed by atoms with Crippen LogP contribution in [0, 0.1) is 32.4 Å². The molecule has 0 heterocycles. The van der Waals surface area contributed by atoms with E-state index in [1.54, 1.807) is 6.07 Å². The molecule has 2 aromatic rings. The van der Waals surface area contributed by atoms with Gasteiger partial charge in [-0.3, -0.25) is 0 Å². The third kappa shape index (κ3) is 3.18. The molecule has 0 bridgehead atoms. The Hall–Kier alpha value is -1.41. The van der Waals surface area contributed by atoms with Crippen molar-refractivity contribution in [1.29, 1.82) is 0 Å². The van der Waals surface area contributed by atoms with E-state index in [0.717, 1.165) is 22.8 Å². The molecular formula is C17H17ClF2. The zero-order valence-electron chi connectivity index (χ0n) is 11.8. The highest BCUT2D eigenvalue weighted by Gasteiger charge is 2.15. The fourth-order valence-corrected chi connectivity index (χ4v) is 3.18. The van der Waals surface area contributed by atoms with Crippen LogP contribution in [0.3, 0.4) is 0 Å². The van der Waals surface area contributed by atoms with Crippen LogP contribution in [0.15, 0.2) is 30.3 Å². The molecule has 1 atom stereocenters. The molecule has 0 fully saturated rings. The van der Waals surface area contributed by atoms with Crippen molar-refractivity contribution < 1.29 is 8.78 Å². The van der Waals surface area contributed by atoms with Crippen molar-refractivity contribution in [3.05, 3.63) is 69.8 Å². The standard InChI is InChI=1S/C17H17ClF2/c1-10-6-11(2)17(12(3)7-10)14(18)8-13-4-5-15(19)16(20)9-13/h4-7,9,14H,8H2,1-3H3. The summed E-state index contributed by atoms with van der Waals surface area (Å²) in [5.41, 5.74) is 5.22. The molecule has 0 saturated carbocycles. The maximum Gasteiger partial charge on any atom is 0.159 e. The highest BCUT2D eigenvalue weighted by Crippen LogP contribution is 2.31. The van der Waals surface area contributed by atoms with Gasteiger partial charge in [-0.15, -0.1) is 11.6 Å². The molecule has 20 heavy (non-hydrogen) atoms. The fraction of sp³-hybridized carbons (Fsp3) is 0.294. The lowest BCUT2D eigenvalue weighted by atomic mass is 9.94. The first-order valence-corrected chi connectivity index (χ1v) is 6.98. The summed E-state index contributed by atoms with van der Waals surface area (Å²) >= 11 is 6.48. The number of aryl methyl sites for hydroxylation is 3. The predicted octanol–water partition coefficient (Wildman–Crippen LogP) is 5.41. The molecular weight excluding hydrogens is 278 g/mol. The summed E-state index contributed by atoms with van der Waals surface area (Å²) in [5.74, 6) is -1.66. The zero-order valence-corrected chi connectivity index (χ0v) is 12.6. The van der Waals surface area contributed by atoms with Crippen LogP contribution in [0.4, 0.5) is 8.78 Å². The minimum Gasteiger partial charge on any atom is -0.204 e. The monoisotopic (exact) mass is 294 g/mol. The van der Waals surface area contributed by atoms with E-state index in [2.05, 4.69) is 12.1 Å². The van der Waals surface area contributed by atoms with Gasteiger partial charge in [0.15, 0.2) is 11.6 Å². The van der Waals surface area contributed by atoms with Gasteiger partial charge in [0.05, 0.1) is 5.38 Å². The van der Waals surface area contributed by atoms with Crippen molar-refractivity contribution in [2.45, 2.75) is 32.6 Å². The zero-order chi connectivity index (χ0) is 14.9. The smallest absolute Gasteiger partial charge is 0.159 e. The third-order valence-electron chi connectivity index (χ3n) is 3.45. The average molecular weight is 295 g/mol. The molecule has 2 rings (SSSR count). The first-order valence-electron chi connectivity index (χ1n) is 6.54. The van der Waals surface area contributed by atoms with Crippen molar-refractivity contribution in [2.75, 3.05) is 0 Å². The second-order valence-electron chi connectivity index (χ2n) is 5.23. The van der Waals surface area contributed by atoms with Crippen LogP contribution < -0.4 is 0 Å². The summed E-state index contributed by atoms with van der Waals surface area (Å²) < 4.78 is 26.1. The molecule has 0 aromatic heterocycles. The molecule has 1 unspecified atom stereocenters. The molecule has 0 aliphatic heterocycles. The van der Waals surface area contributed by atoms with E-state index in [-0.39, 0.29) is 5.38 Å². The van der Waals surface area contributed by atoms with Gasteiger partial charge >= 0.3 is 0 Å². The maximum atomic E-state index is 13.2. The topological polar surface area (TPSA) is 0 Å². The third-order valence-corrected chi connectivity index (χ3v) is 3.82.